The van der Waals surface area contributed by atoms with Crippen LogP contribution in [0.1, 0.15) is 17.5 Å². The van der Waals surface area contributed by atoms with Crippen LogP contribution >= 0.6 is 0 Å². The average Bonchev–Trinajstić information content (AvgIpc) is 3.26. The Morgan fingerprint density at radius 2 is 1.72 bits per heavy atom. The van der Waals surface area contributed by atoms with Gasteiger partial charge in [-0.2, -0.15) is 0 Å². The zero-order valence-corrected chi connectivity index (χ0v) is 16.0. The van der Waals surface area contributed by atoms with Crippen LogP contribution in [0.25, 0.3) is 5.69 Å². The third kappa shape index (κ3) is 5.10. The number of nitrogens with zero attached hydrogens (tertiary/aromatic N) is 1. The molecule has 1 saturated heterocycles. The summed E-state index contributed by atoms with van der Waals surface area (Å²) in [5.41, 5.74) is 2.52. The van der Waals surface area contributed by atoms with E-state index in [9.17, 15) is 9.18 Å². The maximum Gasteiger partial charge on any atom is 0.258 e. The Labute approximate surface area is 168 Å². The maximum absolute atomic E-state index is 13.0. The van der Waals surface area contributed by atoms with Crippen molar-refractivity contribution in [1.82, 2.24) is 9.88 Å². The summed E-state index contributed by atoms with van der Waals surface area (Å²) in [6.07, 6.45) is 3.01. The van der Waals surface area contributed by atoms with Crippen LogP contribution in [0.4, 0.5) is 4.39 Å². The van der Waals surface area contributed by atoms with Gasteiger partial charge in [-0.25, -0.2) is 4.39 Å². The van der Waals surface area contributed by atoms with Gasteiger partial charge in [0.1, 0.15) is 18.2 Å². The summed E-state index contributed by atoms with van der Waals surface area (Å²) in [6, 6.07) is 17.1. The largest absolute Gasteiger partial charge is 0.489 e. The van der Waals surface area contributed by atoms with Gasteiger partial charge in [-0.3, -0.25) is 9.36 Å². The monoisotopic (exact) mass is 394 g/mol. The van der Waals surface area contributed by atoms with Crippen molar-refractivity contribution >= 4 is 0 Å². The predicted molar refractivity (Wildman–Crippen MR) is 109 cm³/mol. The van der Waals surface area contributed by atoms with Gasteiger partial charge < -0.3 is 14.8 Å². The normalized spacial score (nSPS) is 16.1. The first-order valence-electron chi connectivity index (χ1n) is 9.69. The van der Waals surface area contributed by atoms with Crippen LogP contribution in [0.3, 0.4) is 0 Å². The molecule has 29 heavy (non-hydrogen) atoms. The minimum Gasteiger partial charge on any atom is -0.489 e. The first kappa shape index (κ1) is 19.4. The van der Waals surface area contributed by atoms with Crippen molar-refractivity contribution in [3.8, 4) is 11.4 Å². The van der Waals surface area contributed by atoms with E-state index < -0.39 is 0 Å². The van der Waals surface area contributed by atoms with Gasteiger partial charge in [0, 0.05) is 24.5 Å². The van der Waals surface area contributed by atoms with Crippen molar-refractivity contribution in [3.63, 3.8) is 0 Å². The number of nitrogens with one attached hydrogen (secondary N) is 1. The Hall–Kier alpha value is -2.96. The van der Waals surface area contributed by atoms with E-state index in [1.807, 2.05) is 24.3 Å². The molecule has 1 N–H and O–H groups in total. The molecule has 3 aromatic rings. The van der Waals surface area contributed by atoms with E-state index in [0.717, 1.165) is 36.3 Å². The number of ether oxygens (including phenoxy) is 2. The smallest absolute Gasteiger partial charge is 0.258 e. The highest BCUT2D eigenvalue weighted by molar-refractivity contribution is 5.36. The molecule has 0 amide bonds. The number of rotatable bonds is 7. The molecule has 0 radical (unpaired) electrons. The van der Waals surface area contributed by atoms with Gasteiger partial charge >= 0.3 is 0 Å². The number of benzene rings is 2. The van der Waals surface area contributed by atoms with Crippen molar-refractivity contribution < 1.29 is 13.9 Å². The molecule has 0 unspecified atom stereocenters. The van der Waals surface area contributed by atoms with Crippen LogP contribution < -0.4 is 15.6 Å². The highest BCUT2D eigenvalue weighted by Crippen LogP contribution is 2.15. The van der Waals surface area contributed by atoms with E-state index in [1.165, 1.54) is 18.2 Å². The topological polar surface area (TPSA) is 52.5 Å². The van der Waals surface area contributed by atoms with E-state index in [4.69, 9.17) is 9.47 Å². The highest BCUT2D eigenvalue weighted by Gasteiger charge is 2.14. The predicted octanol–water partition coefficient (Wildman–Crippen LogP) is 3.43. The number of halogens is 1. The Kier molecular flexibility index (Phi) is 6.03. The van der Waals surface area contributed by atoms with Crippen LogP contribution in [0.5, 0.6) is 5.75 Å². The van der Waals surface area contributed by atoms with E-state index in [1.54, 1.807) is 29.0 Å². The summed E-state index contributed by atoms with van der Waals surface area (Å²) in [4.78, 5) is 12.5. The Balaban J connectivity index is 1.38. The molecule has 5 nitrogen and oxygen atoms in total. The van der Waals surface area contributed by atoms with E-state index in [2.05, 4.69) is 5.32 Å². The molecule has 150 valence electrons. The van der Waals surface area contributed by atoms with E-state index in [0.29, 0.717) is 12.4 Å². The molecule has 0 saturated carbocycles. The average molecular weight is 394 g/mol. The fourth-order valence-corrected chi connectivity index (χ4v) is 3.25. The third-order valence-electron chi connectivity index (χ3n) is 4.93. The van der Waals surface area contributed by atoms with Gasteiger partial charge in [-0.15, -0.1) is 0 Å². The minimum absolute atomic E-state index is 0.178. The Morgan fingerprint density at radius 1 is 1.00 bits per heavy atom. The zero-order valence-electron chi connectivity index (χ0n) is 16.0. The quantitative estimate of drug-likeness (QED) is 0.667. The number of pyridine rings is 1. The standard InChI is InChI=1S/C23H23FN2O3/c24-19-5-1-17(2-6-19)15-28-21-10-12-26(23(27)13-21)20-7-3-18(4-8-20)16-29-22-9-11-25-14-22/h1-8,10,12-13,22,25H,9,11,14-16H2/t22-/m0/s1. The van der Waals surface area contributed by atoms with Crippen LogP contribution in [-0.2, 0) is 18.0 Å². The van der Waals surface area contributed by atoms with Gasteiger partial charge in [-0.1, -0.05) is 24.3 Å². The lowest BCUT2D eigenvalue weighted by atomic mass is 10.2. The van der Waals surface area contributed by atoms with Crippen molar-refractivity contribution in [2.75, 3.05) is 13.1 Å². The number of hydrogen-bond acceptors (Lipinski definition) is 4. The van der Waals surface area contributed by atoms with Crippen LogP contribution in [0.2, 0.25) is 0 Å². The number of aromatic nitrogens is 1. The second kappa shape index (κ2) is 9.03. The summed E-state index contributed by atoms with van der Waals surface area (Å²) in [6.45, 7) is 2.76. The van der Waals surface area contributed by atoms with Gasteiger partial charge in [0.25, 0.3) is 5.56 Å². The molecule has 4 rings (SSSR count). The molecule has 0 spiro atoms. The van der Waals surface area contributed by atoms with Crippen molar-refractivity contribution in [2.24, 2.45) is 0 Å². The first-order valence-corrected chi connectivity index (χ1v) is 9.69. The Bertz CT molecular complexity index is 994. The summed E-state index contributed by atoms with van der Waals surface area (Å²) < 4.78 is 26.0. The Morgan fingerprint density at radius 3 is 2.41 bits per heavy atom. The van der Waals surface area contributed by atoms with Crippen LogP contribution in [-0.4, -0.2) is 23.8 Å². The van der Waals surface area contributed by atoms with E-state index >= 15 is 0 Å². The SMILES string of the molecule is O=c1cc(OCc2ccc(F)cc2)ccn1-c1ccc(CO[C@H]2CCNC2)cc1. The molecule has 2 aromatic carbocycles. The summed E-state index contributed by atoms with van der Waals surface area (Å²) in [7, 11) is 0. The molecule has 2 heterocycles. The lowest BCUT2D eigenvalue weighted by Gasteiger charge is -2.12. The highest BCUT2D eigenvalue weighted by atomic mass is 19.1. The fraction of sp³-hybridized carbons (Fsp3) is 0.261. The van der Waals surface area contributed by atoms with Crippen LogP contribution in [0.15, 0.2) is 71.7 Å². The molecule has 1 fully saturated rings. The van der Waals surface area contributed by atoms with Crippen molar-refractivity contribution in [2.45, 2.75) is 25.7 Å². The van der Waals surface area contributed by atoms with Crippen LogP contribution in [0, 0.1) is 5.82 Å². The fourth-order valence-electron chi connectivity index (χ4n) is 3.25. The molecular weight excluding hydrogens is 371 g/mol. The summed E-state index contributed by atoms with van der Waals surface area (Å²) >= 11 is 0. The zero-order chi connectivity index (χ0) is 20.1. The molecule has 1 aliphatic heterocycles. The number of hydrogen-bond donors (Lipinski definition) is 1. The molecule has 6 heteroatoms. The van der Waals surface area contributed by atoms with Crippen molar-refractivity contribution in [1.29, 1.82) is 0 Å². The molecule has 1 aliphatic rings. The maximum atomic E-state index is 13.0. The van der Waals surface area contributed by atoms with Gasteiger partial charge in [0.05, 0.1) is 12.7 Å². The first-order chi connectivity index (χ1) is 14.2. The third-order valence-corrected chi connectivity index (χ3v) is 4.93. The lowest BCUT2D eigenvalue weighted by molar-refractivity contribution is 0.0542. The molecule has 0 bridgehead atoms. The molecule has 1 atom stereocenters. The summed E-state index contributed by atoms with van der Waals surface area (Å²) in [5, 5.41) is 3.28. The summed E-state index contributed by atoms with van der Waals surface area (Å²) in [5.74, 6) is 0.190. The molecule has 0 aliphatic carbocycles. The second-order valence-electron chi connectivity index (χ2n) is 7.08. The van der Waals surface area contributed by atoms with Gasteiger partial charge in [0.2, 0.25) is 0 Å². The van der Waals surface area contributed by atoms with Gasteiger partial charge in [-0.05, 0) is 54.4 Å². The minimum atomic E-state index is -0.288. The van der Waals surface area contributed by atoms with Crippen molar-refractivity contribution in [3.05, 3.63) is 94.2 Å². The second-order valence-corrected chi connectivity index (χ2v) is 7.08. The van der Waals surface area contributed by atoms with Gasteiger partial charge in [0.15, 0.2) is 0 Å². The molecule has 1 aromatic heterocycles. The molecular formula is C23H23FN2O3. The lowest BCUT2D eigenvalue weighted by Crippen LogP contribution is -2.17. The van der Waals surface area contributed by atoms with E-state index in [-0.39, 0.29) is 24.1 Å².